The van der Waals surface area contributed by atoms with Crippen LogP contribution in [0.1, 0.15) is 71.3 Å². The first-order valence-electron chi connectivity index (χ1n) is 15.2. The molecule has 2 fully saturated rings. The Morgan fingerprint density at radius 3 is 2.20 bits per heavy atom. The lowest BCUT2D eigenvalue weighted by Gasteiger charge is -2.30. The molecule has 10 nitrogen and oxygen atoms in total. The van der Waals surface area contributed by atoms with Gasteiger partial charge in [0, 0.05) is 32.1 Å². The van der Waals surface area contributed by atoms with E-state index in [0.29, 0.717) is 25.1 Å². The van der Waals surface area contributed by atoms with Crippen LogP contribution in [-0.4, -0.2) is 65.6 Å². The zero-order valence-corrected chi connectivity index (χ0v) is 26.5. The van der Waals surface area contributed by atoms with Gasteiger partial charge in [-0.2, -0.15) is 4.98 Å². The summed E-state index contributed by atoms with van der Waals surface area (Å²) in [7, 11) is 0. The third kappa shape index (κ3) is 9.78. The van der Waals surface area contributed by atoms with Crippen molar-refractivity contribution in [3.05, 3.63) is 59.6 Å². The number of piperidine rings is 1. The van der Waals surface area contributed by atoms with Crippen LogP contribution >= 0.6 is 0 Å². The molecule has 1 N–H and O–H groups in total. The summed E-state index contributed by atoms with van der Waals surface area (Å²) in [6, 6.07) is 9.00. The van der Waals surface area contributed by atoms with E-state index in [1.165, 1.54) is 0 Å². The number of carbonyl (C=O) groups is 1. The lowest BCUT2D eigenvalue weighted by atomic mass is 9.98. The topological polar surface area (TPSA) is 106 Å². The van der Waals surface area contributed by atoms with Crippen molar-refractivity contribution in [2.45, 2.75) is 78.4 Å². The molecule has 1 aromatic carbocycles. The summed E-state index contributed by atoms with van der Waals surface area (Å²) in [6.45, 7) is 15.7. The van der Waals surface area contributed by atoms with Gasteiger partial charge in [-0.15, -0.1) is 0 Å². The highest BCUT2D eigenvalue weighted by Crippen LogP contribution is 2.27. The molecule has 2 aromatic heterocycles. The van der Waals surface area contributed by atoms with Gasteiger partial charge in [0.25, 0.3) is 0 Å². The molecule has 4 heterocycles. The number of anilines is 2. The Bertz CT molecular complexity index is 1330. The first-order valence-corrected chi connectivity index (χ1v) is 15.2. The van der Waals surface area contributed by atoms with Crippen molar-refractivity contribution >= 4 is 17.9 Å². The van der Waals surface area contributed by atoms with Crippen LogP contribution in [-0.2, 0) is 4.74 Å². The fourth-order valence-electron chi connectivity index (χ4n) is 4.94. The van der Waals surface area contributed by atoms with Crippen molar-refractivity contribution in [3.8, 4) is 5.75 Å². The van der Waals surface area contributed by atoms with Gasteiger partial charge in [0.15, 0.2) is 5.82 Å². The van der Waals surface area contributed by atoms with E-state index in [4.69, 9.17) is 19.0 Å². The van der Waals surface area contributed by atoms with E-state index in [0.717, 1.165) is 86.2 Å². The van der Waals surface area contributed by atoms with Gasteiger partial charge in [-0.3, -0.25) is 0 Å². The number of rotatable bonds is 7. The van der Waals surface area contributed by atoms with Crippen molar-refractivity contribution in [1.82, 2.24) is 20.4 Å². The monoisotopic (exact) mass is 614 g/mol. The Balaban J connectivity index is 0.000000479. The van der Waals surface area contributed by atoms with E-state index in [1.54, 1.807) is 0 Å². The molecule has 0 bridgehead atoms. The van der Waals surface area contributed by atoms with E-state index in [1.807, 2.05) is 39.8 Å². The van der Waals surface area contributed by atoms with Gasteiger partial charge < -0.3 is 29.1 Å². The molecule has 3 aromatic rings. The number of aromatic nitrogens is 3. The van der Waals surface area contributed by atoms with E-state index < -0.39 is 17.2 Å². The fraction of sp³-hybridized carbons (Fsp3) is 0.562. The molecule has 1 unspecified atom stereocenters. The van der Waals surface area contributed by atoms with Crippen LogP contribution in [0.2, 0.25) is 0 Å². The Labute approximate surface area is 258 Å². The van der Waals surface area contributed by atoms with Crippen molar-refractivity contribution in [2.75, 3.05) is 42.6 Å². The van der Waals surface area contributed by atoms with Crippen LogP contribution in [0.25, 0.3) is 0 Å². The largest absolute Gasteiger partial charge is 0.491 e. The molecule has 5 rings (SSSR count). The molecule has 1 atom stereocenters. The van der Waals surface area contributed by atoms with Crippen molar-refractivity contribution in [3.63, 3.8) is 0 Å². The second-order valence-electron chi connectivity index (χ2n) is 12.6. The molecule has 240 valence electrons. The van der Waals surface area contributed by atoms with Crippen molar-refractivity contribution < 1.29 is 27.6 Å². The quantitative estimate of drug-likeness (QED) is 0.330. The summed E-state index contributed by atoms with van der Waals surface area (Å²) in [5, 5.41) is 7.04. The number of alkyl carbamates (subject to hydrolysis) is 1. The minimum absolute atomic E-state index is 0.0490. The first kappa shape index (κ1) is 32.9. The third-order valence-electron chi connectivity index (χ3n) is 7.37. The number of carbonyl (C=O) groups excluding carboxylic acids is 1. The van der Waals surface area contributed by atoms with Crippen LogP contribution < -0.4 is 19.9 Å². The zero-order chi connectivity index (χ0) is 31.9. The van der Waals surface area contributed by atoms with Gasteiger partial charge in [-0.05, 0) is 89.3 Å². The number of pyridine rings is 1. The summed E-state index contributed by atoms with van der Waals surface area (Å²) < 4.78 is 40.8. The summed E-state index contributed by atoms with van der Waals surface area (Å²) in [4.78, 5) is 25.7. The molecule has 0 spiro atoms. The minimum Gasteiger partial charge on any atom is -0.491 e. The number of amides is 1. The van der Waals surface area contributed by atoms with Crippen LogP contribution in [0.15, 0.2) is 40.9 Å². The maximum Gasteiger partial charge on any atom is 0.407 e. The molecule has 1 amide bonds. The van der Waals surface area contributed by atoms with Crippen molar-refractivity contribution in [1.29, 1.82) is 0 Å². The number of benzene rings is 1. The number of aryl methyl sites for hydroxylation is 1. The number of nitrogens with one attached hydrogen (secondary N) is 1. The molecule has 0 aliphatic carbocycles. The van der Waals surface area contributed by atoms with Gasteiger partial charge in [-0.25, -0.2) is 18.6 Å². The highest BCUT2D eigenvalue weighted by Gasteiger charge is 2.28. The Kier molecular flexibility index (Phi) is 11.0. The van der Waals surface area contributed by atoms with Crippen LogP contribution in [0.3, 0.4) is 0 Å². The number of ether oxygens (including phenoxy) is 2. The highest BCUT2D eigenvalue weighted by molar-refractivity contribution is 5.68. The number of halogens is 2. The maximum absolute atomic E-state index is 12.1. The van der Waals surface area contributed by atoms with E-state index in [9.17, 15) is 13.6 Å². The molecule has 2 aliphatic heterocycles. The molecule has 12 heteroatoms. The van der Waals surface area contributed by atoms with Gasteiger partial charge in [0.1, 0.15) is 28.8 Å². The second kappa shape index (κ2) is 14.7. The van der Waals surface area contributed by atoms with Crippen molar-refractivity contribution in [2.24, 2.45) is 5.92 Å². The SMILES string of the molecule is Cc1nc(N2CCC(NC(=O)OC(C)(C)C)C2)ccc1OCC1CCN(c2nc(C(C)C)no2)CC1.Fc1ccc(F)cc1. The summed E-state index contributed by atoms with van der Waals surface area (Å²) in [6.07, 6.45) is 2.53. The van der Waals surface area contributed by atoms with Crippen LogP contribution in [0, 0.1) is 24.5 Å². The van der Waals surface area contributed by atoms with Gasteiger partial charge in [0.05, 0.1) is 18.3 Å². The Hall–Kier alpha value is -3.96. The first-order chi connectivity index (χ1) is 20.9. The lowest BCUT2D eigenvalue weighted by Crippen LogP contribution is -2.40. The molecular weight excluding hydrogens is 570 g/mol. The highest BCUT2D eigenvalue weighted by atomic mass is 19.1. The Morgan fingerprint density at radius 2 is 1.64 bits per heavy atom. The number of hydrogen-bond acceptors (Lipinski definition) is 9. The van der Waals surface area contributed by atoms with Gasteiger partial charge in [-0.1, -0.05) is 19.0 Å². The van der Waals surface area contributed by atoms with E-state index in [2.05, 4.69) is 39.1 Å². The summed E-state index contributed by atoms with van der Waals surface area (Å²) in [5.74, 6) is 2.40. The molecule has 0 saturated carbocycles. The predicted molar refractivity (Wildman–Crippen MR) is 164 cm³/mol. The second-order valence-corrected chi connectivity index (χ2v) is 12.6. The maximum atomic E-state index is 12.1. The number of nitrogens with zero attached hydrogens (tertiary/aromatic N) is 5. The normalized spacial score (nSPS) is 17.3. The minimum atomic E-state index is -0.500. The van der Waals surface area contributed by atoms with Crippen LogP contribution in [0.4, 0.5) is 25.4 Å². The third-order valence-corrected chi connectivity index (χ3v) is 7.37. The van der Waals surface area contributed by atoms with Gasteiger partial charge >= 0.3 is 12.1 Å². The Morgan fingerprint density at radius 1 is 1.00 bits per heavy atom. The molecule has 44 heavy (non-hydrogen) atoms. The zero-order valence-electron chi connectivity index (χ0n) is 26.5. The smallest absolute Gasteiger partial charge is 0.407 e. The van der Waals surface area contributed by atoms with E-state index >= 15 is 0 Å². The van der Waals surface area contributed by atoms with Gasteiger partial charge in [0.2, 0.25) is 0 Å². The van der Waals surface area contributed by atoms with E-state index in [-0.39, 0.29) is 18.1 Å². The average molecular weight is 615 g/mol. The predicted octanol–water partition coefficient (Wildman–Crippen LogP) is 6.26. The summed E-state index contributed by atoms with van der Waals surface area (Å²) in [5.41, 5.74) is 0.375. The van der Waals surface area contributed by atoms with Crippen LogP contribution in [0.5, 0.6) is 5.75 Å². The lowest BCUT2D eigenvalue weighted by molar-refractivity contribution is 0.0509. The molecule has 2 saturated heterocycles. The fourth-order valence-corrected chi connectivity index (χ4v) is 4.94. The standard InChI is InChI=1S/C26H40N6O4.C6H4F2/c1-17(2)23-29-24(36-30-23)31-12-9-19(10-13-31)16-34-21-7-8-22(27-18(21)3)32-14-11-20(15-32)28-25(33)35-26(4,5)6;7-5-1-2-6(8)4-3-5/h7-8,17,19-20H,9-16H2,1-6H3,(H,28,33);1-4H. The summed E-state index contributed by atoms with van der Waals surface area (Å²) >= 11 is 0. The molecular formula is C32H44F2N6O4. The molecule has 2 aliphatic rings. The molecule has 0 radical (unpaired) electrons. The average Bonchev–Trinajstić information content (AvgIpc) is 3.64. The number of hydrogen-bond donors (Lipinski definition) is 1.